The van der Waals surface area contributed by atoms with E-state index >= 15 is 0 Å². The Morgan fingerprint density at radius 2 is 0.692 bits per heavy atom. The van der Waals surface area contributed by atoms with Gasteiger partial charge in [-0.2, -0.15) is 0 Å². The van der Waals surface area contributed by atoms with Crippen LogP contribution in [0.1, 0.15) is 139 Å². The summed E-state index contributed by atoms with van der Waals surface area (Å²) in [5.41, 5.74) is 31.8. The van der Waals surface area contributed by atoms with Crippen molar-refractivity contribution in [3.05, 3.63) is 260 Å². The SMILES string of the molecule is CCCCCC(C)(C)c1cc(-c2ccccc2)c2c(c1)[CH]([Zr]([SiH2]C)[CH]1C(C)=Cc3c(-c4ccccc4)cccc31)C(C)=C2.C[SiH2][Zr]([CH]1C(C)=Cc2c(-c3ccccc3)cccc21)[CH]1C(C)=Cc2c(-c3ccccc3)cccc21. The maximum absolute atomic E-state index is 2.69. The van der Waals surface area contributed by atoms with Gasteiger partial charge < -0.3 is 0 Å². The summed E-state index contributed by atoms with van der Waals surface area (Å²) in [4.78, 5) is 0. The quantitative estimate of drug-likeness (QED) is 0.0709. The Kier molecular flexibility index (Phi) is 16.8. The minimum absolute atomic E-state index is 0.109. The van der Waals surface area contributed by atoms with E-state index in [0.29, 0.717) is 14.5 Å². The fraction of sp³-hybridized carbons (Fsp3) is 0.243. The first-order valence-electron chi connectivity index (χ1n) is 29.2. The fourth-order valence-corrected chi connectivity index (χ4v) is 55.3. The van der Waals surface area contributed by atoms with Crippen molar-refractivity contribution in [2.75, 3.05) is 0 Å². The van der Waals surface area contributed by atoms with E-state index in [1.807, 2.05) is 0 Å². The van der Waals surface area contributed by atoms with E-state index in [1.54, 1.807) is 50.1 Å². The number of benzene rings is 8. The van der Waals surface area contributed by atoms with E-state index in [9.17, 15) is 0 Å². The summed E-state index contributed by atoms with van der Waals surface area (Å²) in [5, 5.41) is 0. The van der Waals surface area contributed by atoms with Gasteiger partial charge in [0.05, 0.1) is 0 Å². The van der Waals surface area contributed by atoms with Gasteiger partial charge in [0.2, 0.25) is 0 Å². The van der Waals surface area contributed by atoms with Crippen molar-refractivity contribution in [2.24, 2.45) is 0 Å². The van der Waals surface area contributed by atoms with Crippen molar-refractivity contribution in [2.45, 2.75) is 107 Å². The molecule has 0 aromatic heterocycles. The number of fused-ring (bicyclic) bond motifs is 4. The average molecular weight is 1210 g/mol. The third kappa shape index (κ3) is 10.6. The van der Waals surface area contributed by atoms with Crippen LogP contribution in [0.4, 0.5) is 0 Å². The fourth-order valence-electron chi connectivity index (χ4n) is 14.2. The van der Waals surface area contributed by atoms with E-state index in [-0.39, 0.29) is 18.7 Å². The number of hydrogen-bond donors (Lipinski definition) is 0. The summed E-state index contributed by atoms with van der Waals surface area (Å²) in [6, 6.07) is 70.6. The molecule has 0 amide bonds. The van der Waals surface area contributed by atoms with E-state index in [2.05, 4.69) is 274 Å². The Hall–Kier alpha value is -5.08. The standard InChI is InChI=1S/C24H29.3C16H13.2CH5Si.2Zr/c1-5-6-10-13-24(3,4)21-16-20-14-18(2)15-22(20)23(17-21)19-11-8-7-9-12-19;3*1-12-10-14-8-5-9-15(16(14)11-12)13-6-3-2-4-7-13;2*1-2;;/h7-9,11-12,14-17H,5-6,10,13H2,1-4H3;3*2-11H,1H3;2*2H2,1H3;;. The summed E-state index contributed by atoms with van der Waals surface area (Å²) in [6.45, 7) is 22.0. The van der Waals surface area contributed by atoms with Gasteiger partial charge in [-0.15, -0.1) is 0 Å². The Morgan fingerprint density at radius 1 is 0.372 bits per heavy atom. The molecule has 390 valence electrons. The summed E-state index contributed by atoms with van der Waals surface area (Å²) in [7, 11) is 0. The van der Waals surface area contributed by atoms with Crippen molar-refractivity contribution in [3.8, 4) is 44.5 Å². The summed E-state index contributed by atoms with van der Waals surface area (Å²) in [6.07, 6.45) is 15.4. The van der Waals surface area contributed by atoms with Gasteiger partial charge in [-0.1, -0.05) is 0 Å². The summed E-state index contributed by atoms with van der Waals surface area (Å²) >= 11 is -3.90. The third-order valence-corrected chi connectivity index (χ3v) is 56.2. The van der Waals surface area contributed by atoms with Crippen LogP contribution in [0, 0.1) is 0 Å². The number of unbranched alkanes of at least 4 members (excludes halogenated alkanes) is 2. The Labute approximate surface area is 486 Å². The Morgan fingerprint density at radius 3 is 1.03 bits per heavy atom. The summed E-state index contributed by atoms with van der Waals surface area (Å²) in [5.74, 6) is 0. The molecule has 78 heavy (non-hydrogen) atoms. The Balaban J connectivity index is 0.000000169. The zero-order chi connectivity index (χ0) is 54.1. The zero-order valence-electron chi connectivity index (χ0n) is 47.8. The van der Waals surface area contributed by atoms with Crippen molar-refractivity contribution in [1.29, 1.82) is 0 Å². The molecule has 0 radical (unpaired) electrons. The van der Waals surface area contributed by atoms with Crippen LogP contribution in [0.2, 0.25) is 13.1 Å². The van der Waals surface area contributed by atoms with Crippen molar-refractivity contribution < 1.29 is 41.8 Å². The zero-order valence-corrected chi connectivity index (χ0v) is 55.5. The summed E-state index contributed by atoms with van der Waals surface area (Å²) < 4.78 is 2.75. The van der Waals surface area contributed by atoms with Gasteiger partial charge >= 0.3 is 492 Å². The third-order valence-electron chi connectivity index (χ3n) is 18.0. The van der Waals surface area contributed by atoms with Gasteiger partial charge in [0, 0.05) is 0 Å². The molecule has 0 N–H and O–H groups in total. The van der Waals surface area contributed by atoms with Crippen molar-refractivity contribution in [1.82, 2.24) is 0 Å². The average Bonchev–Trinajstić information content (AvgIpc) is 4.20. The molecule has 4 aliphatic carbocycles. The van der Waals surface area contributed by atoms with Crippen LogP contribution in [-0.2, 0) is 47.2 Å². The molecule has 0 nitrogen and oxygen atoms in total. The van der Waals surface area contributed by atoms with E-state index in [1.165, 1.54) is 92.4 Å². The molecule has 0 heterocycles. The Bertz CT molecular complexity index is 3480. The first-order chi connectivity index (χ1) is 38.0. The first-order valence-corrected chi connectivity index (χ1v) is 49.6. The molecule has 0 saturated carbocycles. The molecule has 4 unspecified atom stereocenters. The van der Waals surface area contributed by atoms with E-state index < -0.39 is 41.8 Å². The van der Waals surface area contributed by atoms with Crippen LogP contribution in [0.25, 0.3) is 68.8 Å². The molecule has 0 spiro atoms. The molecule has 0 aliphatic heterocycles. The molecule has 8 aromatic rings. The second-order valence-corrected chi connectivity index (χ2v) is 56.2. The second kappa shape index (κ2) is 23.9. The van der Waals surface area contributed by atoms with Crippen LogP contribution >= 0.6 is 0 Å². The molecule has 12 rings (SSSR count). The second-order valence-electron chi connectivity index (χ2n) is 23.4. The molecule has 4 atom stereocenters. The van der Waals surface area contributed by atoms with Gasteiger partial charge in [-0.3, -0.25) is 0 Å². The molecule has 4 aliphatic rings. The number of rotatable bonds is 15. The van der Waals surface area contributed by atoms with Gasteiger partial charge in [0.1, 0.15) is 0 Å². The van der Waals surface area contributed by atoms with E-state index in [0.717, 1.165) is 0 Å². The molecule has 0 fully saturated rings. The van der Waals surface area contributed by atoms with E-state index in [4.69, 9.17) is 0 Å². The molecule has 0 saturated heterocycles. The predicted octanol–water partition coefficient (Wildman–Crippen LogP) is 19.6. The topological polar surface area (TPSA) is 0 Å². The van der Waals surface area contributed by atoms with Gasteiger partial charge in [0.15, 0.2) is 0 Å². The maximum atomic E-state index is 2.69. The number of allylic oxidation sites excluding steroid dienone is 4. The van der Waals surface area contributed by atoms with Crippen LogP contribution in [0.5, 0.6) is 0 Å². The molecule has 0 bridgehead atoms. The van der Waals surface area contributed by atoms with Gasteiger partial charge in [-0.05, 0) is 0 Å². The normalized spacial score (nSPS) is 18.0. The van der Waals surface area contributed by atoms with Crippen molar-refractivity contribution in [3.63, 3.8) is 0 Å². The molecule has 4 heteroatoms. The predicted molar refractivity (Wildman–Crippen MR) is 339 cm³/mol. The molecule has 8 aromatic carbocycles. The van der Waals surface area contributed by atoms with Gasteiger partial charge in [0.25, 0.3) is 0 Å². The first kappa shape index (κ1) is 54.9. The van der Waals surface area contributed by atoms with Crippen LogP contribution < -0.4 is 0 Å². The van der Waals surface area contributed by atoms with Crippen LogP contribution in [0.3, 0.4) is 0 Å². The number of hydrogen-bond acceptors (Lipinski definition) is 0. The van der Waals surface area contributed by atoms with Crippen LogP contribution in [0.15, 0.2) is 210 Å². The van der Waals surface area contributed by atoms with Gasteiger partial charge in [-0.25, -0.2) is 0 Å². The monoisotopic (exact) mass is 1200 g/mol. The minimum atomic E-state index is -2.02. The molecular formula is C74H78Si2Zr2. The van der Waals surface area contributed by atoms with Crippen LogP contribution in [-0.4, -0.2) is 13.3 Å². The van der Waals surface area contributed by atoms with Crippen molar-refractivity contribution >= 4 is 37.6 Å². The molecular weight excluding hydrogens is 1130 g/mol.